The topological polar surface area (TPSA) is 29.5 Å². The summed E-state index contributed by atoms with van der Waals surface area (Å²) in [4.78, 5) is 0. The van der Waals surface area contributed by atoms with Gasteiger partial charge in [0.15, 0.2) is 8.32 Å². The van der Waals surface area contributed by atoms with E-state index in [1.54, 1.807) is 0 Å². The lowest BCUT2D eigenvalue weighted by Crippen LogP contribution is -2.46. The van der Waals surface area contributed by atoms with Crippen LogP contribution < -0.4 is 0 Å². The molecule has 0 aromatic carbocycles. The largest absolute Gasteiger partial charge is 0.414 e. The first-order valence-corrected chi connectivity index (χ1v) is 10.4. The molecule has 1 saturated carbocycles. The van der Waals surface area contributed by atoms with Crippen LogP contribution in [0, 0.1) is 5.92 Å². The Morgan fingerprint density at radius 2 is 1.78 bits per heavy atom. The molecule has 0 bridgehead atoms. The van der Waals surface area contributed by atoms with Crippen LogP contribution in [0.4, 0.5) is 0 Å². The summed E-state index contributed by atoms with van der Waals surface area (Å²) in [6.45, 7) is 13.5. The number of hydrogen-bond donors (Lipinski definition) is 1. The molecule has 3 heteroatoms. The Morgan fingerprint density at radius 3 is 2.28 bits per heavy atom. The van der Waals surface area contributed by atoms with E-state index in [0.29, 0.717) is 12.0 Å². The van der Waals surface area contributed by atoms with Crippen LogP contribution in [-0.2, 0) is 4.43 Å². The second kappa shape index (κ2) is 6.06. The van der Waals surface area contributed by atoms with Crippen molar-refractivity contribution in [2.45, 2.75) is 90.1 Å². The summed E-state index contributed by atoms with van der Waals surface area (Å²) < 4.78 is 6.58. The van der Waals surface area contributed by atoms with Crippen LogP contribution in [0.5, 0.6) is 0 Å². The summed E-state index contributed by atoms with van der Waals surface area (Å²) in [5, 5.41) is 9.91. The van der Waals surface area contributed by atoms with Crippen LogP contribution in [0.25, 0.3) is 0 Å². The van der Waals surface area contributed by atoms with Gasteiger partial charge in [0.05, 0.1) is 6.10 Å². The fourth-order valence-electron chi connectivity index (χ4n) is 2.59. The van der Waals surface area contributed by atoms with Gasteiger partial charge in [-0.25, -0.2) is 0 Å². The Balaban J connectivity index is 2.67. The second-order valence-electron chi connectivity index (χ2n) is 7.55. The minimum Gasteiger partial charge on any atom is -0.414 e. The van der Waals surface area contributed by atoms with E-state index in [-0.39, 0.29) is 11.1 Å². The van der Waals surface area contributed by atoms with Crippen molar-refractivity contribution >= 4 is 8.32 Å². The molecule has 18 heavy (non-hydrogen) atoms. The van der Waals surface area contributed by atoms with Gasteiger partial charge in [-0.2, -0.15) is 0 Å². The molecule has 1 aliphatic rings. The van der Waals surface area contributed by atoms with Crippen LogP contribution in [-0.4, -0.2) is 25.6 Å². The lowest BCUT2D eigenvalue weighted by Gasteiger charge is -2.43. The molecule has 1 aliphatic carbocycles. The molecular formula is C15H32O2Si. The number of rotatable bonds is 4. The van der Waals surface area contributed by atoms with Crippen LogP contribution in [0.2, 0.25) is 18.1 Å². The predicted molar refractivity (Wildman–Crippen MR) is 80.3 cm³/mol. The SMILES string of the molecule is CC(O)CC1CCCCC1O[Si](C)(C)C(C)(C)C. The predicted octanol–water partition coefficient (Wildman–Crippen LogP) is 4.34. The van der Waals surface area contributed by atoms with Crippen molar-refractivity contribution in [3.8, 4) is 0 Å². The summed E-state index contributed by atoms with van der Waals surface area (Å²) in [5.74, 6) is 0.563. The molecule has 3 atom stereocenters. The van der Waals surface area contributed by atoms with Crippen molar-refractivity contribution in [3.63, 3.8) is 0 Å². The highest BCUT2D eigenvalue weighted by Gasteiger charge is 2.41. The van der Waals surface area contributed by atoms with E-state index in [4.69, 9.17) is 4.43 Å². The van der Waals surface area contributed by atoms with Gasteiger partial charge in [0.2, 0.25) is 0 Å². The Labute approximate surface area is 114 Å². The minimum atomic E-state index is -1.67. The van der Waals surface area contributed by atoms with E-state index in [2.05, 4.69) is 33.9 Å². The monoisotopic (exact) mass is 272 g/mol. The van der Waals surface area contributed by atoms with Gasteiger partial charge >= 0.3 is 0 Å². The van der Waals surface area contributed by atoms with Crippen LogP contribution in [0.3, 0.4) is 0 Å². The Morgan fingerprint density at radius 1 is 1.22 bits per heavy atom. The van der Waals surface area contributed by atoms with E-state index in [1.807, 2.05) is 6.92 Å². The third kappa shape index (κ3) is 4.36. The third-order valence-electron chi connectivity index (χ3n) is 4.74. The standard InChI is InChI=1S/C15H32O2Si/c1-12(16)11-13-9-7-8-10-14(13)17-18(5,6)15(2,3)4/h12-14,16H,7-11H2,1-6H3. The summed E-state index contributed by atoms with van der Waals surface area (Å²) in [7, 11) is -1.67. The molecule has 2 nitrogen and oxygen atoms in total. The van der Waals surface area contributed by atoms with Crippen molar-refractivity contribution in [2.75, 3.05) is 0 Å². The lowest BCUT2D eigenvalue weighted by molar-refractivity contribution is 0.0459. The lowest BCUT2D eigenvalue weighted by atomic mass is 9.83. The van der Waals surface area contributed by atoms with Gasteiger partial charge in [-0.1, -0.05) is 33.6 Å². The summed E-state index contributed by atoms with van der Waals surface area (Å²) in [5.41, 5.74) is 0. The number of aliphatic hydroxyl groups is 1. The Kier molecular flexibility index (Phi) is 5.45. The quantitative estimate of drug-likeness (QED) is 0.772. The normalized spacial score (nSPS) is 28.2. The highest BCUT2D eigenvalue weighted by atomic mass is 28.4. The average Bonchev–Trinajstić information content (AvgIpc) is 2.18. The van der Waals surface area contributed by atoms with Gasteiger partial charge in [0.1, 0.15) is 0 Å². The summed E-state index contributed by atoms with van der Waals surface area (Å²) in [6.07, 6.45) is 6.09. The van der Waals surface area contributed by atoms with Gasteiger partial charge in [0, 0.05) is 6.10 Å². The second-order valence-corrected chi connectivity index (χ2v) is 12.3. The highest BCUT2D eigenvalue weighted by Crippen LogP contribution is 2.41. The molecule has 0 radical (unpaired) electrons. The minimum absolute atomic E-state index is 0.196. The molecule has 1 fully saturated rings. The Bertz CT molecular complexity index is 256. The van der Waals surface area contributed by atoms with Crippen molar-refractivity contribution < 1.29 is 9.53 Å². The van der Waals surface area contributed by atoms with E-state index < -0.39 is 8.32 Å². The van der Waals surface area contributed by atoms with E-state index in [0.717, 1.165) is 6.42 Å². The zero-order chi connectivity index (χ0) is 14.0. The molecule has 0 aromatic rings. The number of aliphatic hydroxyl groups excluding tert-OH is 1. The molecule has 1 rings (SSSR count). The molecule has 0 saturated heterocycles. The third-order valence-corrected chi connectivity index (χ3v) is 9.24. The summed E-state index contributed by atoms with van der Waals surface area (Å²) >= 11 is 0. The highest BCUT2D eigenvalue weighted by molar-refractivity contribution is 6.74. The molecule has 108 valence electrons. The van der Waals surface area contributed by atoms with Crippen molar-refractivity contribution in [3.05, 3.63) is 0 Å². The van der Waals surface area contributed by atoms with E-state index in [1.165, 1.54) is 25.7 Å². The van der Waals surface area contributed by atoms with E-state index >= 15 is 0 Å². The Hall–Kier alpha value is 0.137. The van der Waals surface area contributed by atoms with Crippen molar-refractivity contribution in [1.82, 2.24) is 0 Å². The zero-order valence-corrected chi connectivity index (χ0v) is 14.1. The maximum atomic E-state index is 9.64. The van der Waals surface area contributed by atoms with Crippen LogP contribution in [0.1, 0.15) is 59.8 Å². The first kappa shape index (κ1) is 16.2. The maximum Gasteiger partial charge on any atom is 0.192 e. The average molecular weight is 273 g/mol. The number of hydrogen-bond acceptors (Lipinski definition) is 2. The molecular weight excluding hydrogens is 240 g/mol. The van der Waals surface area contributed by atoms with Crippen LogP contribution >= 0.6 is 0 Å². The molecule has 0 heterocycles. The first-order chi connectivity index (χ1) is 8.13. The van der Waals surface area contributed by atoms with Gasteiger partial charge in [0.25, 0.3) is 0 Å². The fraction of sp³-hybridized carbons (Fsp3) is 1.00. The zero-order valence-electron chi connectivity index (χ0n) is 13.1. The molecule has 0 aliphatic heterocycles. The molecule has 1 N–H and O–H groups in total. The van der Waals surface area contributed by atoms with Crippen LogP contribution in [0.15, 0.2) is 0 Å². The van der Waals surface area contributed by atoms with Gasteiger partial charge in [-0.15, -0.1) is 0 Å². The van der Waals surface area contributed by atoms with Gasteiger partial charge in [-0.05, 0) is 50.2 Å². The van der Waals surface area contributed by atoms with Gasteiger partial charge in [-0.3, -0.25) is 0 Å². The smallest absolute Gasteiger partial charge is 0.192 e. The molecule has 0 amide bonds. The van der Waals surface area contributed by atoms with E-state index in [9.17, 15) is 5.11 Å². The summed E-state index contributed by atoms with van der Waals surface area (Å²) in [6, 6.07) is 0. The van der Waals surface area contributed by atoms with Gasteiger partial charge < -0.3 is 9.53 Å². The molecule has 3 unspecified atom stereocenters. The first-order valence-electron chi connectivity index (χ1n) is 7.49. The molecule has 0 aromatic heterocycles. The van der Waals surface area contributed by atoms with Crippen molar-refractivity contribution in [2.24, 2.45) is 5.92 Å². The maximum absolute atomic E-state index is 9.64. The van der Waals surface area contributed by atoms with Crippen molar-refractivity contribution in [1.29, 1.82) is 0 Å². The molecule has 0 spiro atoms. The fourth-order valence-corrected chi connectivity index (χ4v) is 4.01.